The van der Waals surface area contributed by atoms with Crippen LogP contribution in [-0.4, -0.2) is 16.3 Å². The van der Waals surface area contributed by atoms with Gasteiger partial charge in [0.15, 0.2) is 0 Å². The van der Waals surface area contributed by atoms with E-state index in [0.29, 0.717) is 0 Å². The van der Waals surface area contributed by atoms with Gasteiger partial charge in [-0.25, -0.2) is 4.68 Å². The first kappa shape index (κ1) is 13.8. The van der Waals surface area contributed by atoms with Gasteiger partial charge in [-0.1, -0.05) is 24.6 Å². The smallest absolute Gasteiger partial charge is 0.0694 e. The summed E-state index contributed by atoms with van der Waals surface area (Å²) in [5, 5.41) is 8.07. The molecule has 0 fully saturated rings. The zero-order chi connectivity index (χ0) is 14.0. The molecule has 0 aliphatic carbocycles. The predicted molar refractivity (Wildman–Crippen MR) is 79.9 cm³/mol. The van der Waals surface area contributed by atoms with Gasteiger partial charge in [-0.15, -0.1) is 0 Å². The van der Waals surface area contributed by atoms with E-state index < -0.39 is 0 Å². The van der Waals surface area contributed by atoms with Crippen LogP contribution in [0.15, 0.2) is 18.2 Å². The van der Waals surface area contributed by atoms with Crippen molar-refractivity contribution in [3.63, 3.8) is 0 Å². The highest BCUT2D eigenvalue weighted by Crippen LogP contribution is 2.21. The number of aromatic nitrogens is 2. The Labute approximate surface area is 115 Å². The van der Waals surface area contributed by atoms with Gasteiger partial charge in [0, 0.05) is 12.2 Å². The topological polar surface area (TPSA) is 29.9 Å². The molecule has 0 saturated carbocycles. The Balaban J connectivity index is 2.51. The van der Waals surface area contributed by atoms with Crippen LogP contribution >= 0.6 is 0 Å². The van der Waals surface area contributed by atoms with E-state index in [0.717, 1.165) is 18.8 Å². The van der Waals surface area contributed by atoms with Crippen molar-refractivity contribution in [1.29, 1.82) is 0 Å². The SMILES string of the molecule is CCNCc1cc(C)ccc1-n1nc(C)c(C)c1C. The number of benzene rings is 1. The number of nitrogens with zero attached hydrogens (tertiary/aromatic N) is 2. The number of hydrogen-bond acceptors (Lipinski definition) is 2. The molecule has 0 amide bonds. The van der Waals surface area contributed by atoms with Gasteiger partial charge >= 0.3 is 0 Å². The summed E-state index contributed by atoms with van der Waals surface area (Å²) in [4.78, 5) is 0. The Kier molecular flexibility index (Phi) is 4.05. The summed E-state index contributed by atoms with van der Waals surface area (Å²) in [6.45, 7) is 12.4. The quantitative estimate of drug-likeness (QED) is 0.911. The summed E-state index contributed by atoms with van der Waals surface area (Å²) < 4.78 is 2.07. The molecule has 0 radical (unpaired) electrons. The first-order valence-electron chi connectivity index (χ1n) is 6.88. The summed E-state index contributed by atoms with van der Waals surface area (Å²) >= 11 is 0. The fourth-order valence-electron chi connectivity index (χ4n) is 2.28. The van der Waals surface area contributed by atoms with Crippen molar-refractivity contribution in [2.24, 2.45) is 0 Å². The third-order valence-corrected chi connectivity index (χ3v) is 3.68. The van der Waals surface area contributed by atoms with Crippen molar-refractivity contribution in [3.8, 4) is 5.69 Å². The van der Waals surface area contributed by atoms with Crippen molar-refractivity contribution in [3.05, 3.63) is 46.3 Å². The Bertz CT molecular complexity index is 582. The highest BCUT2D eigenvalue weighted by molar-refractivity contribution is 5.45. The Morgan fingerprint density at radius 1 is 1.16 bits per heavy atom. The molecule has 102 valence electrons. The van der Waals surface area contributed by atoms with E-state index in [9.17, 15) is 0 Å². The number of rotatable bonds is 4. The summed E-state index contributed by atoms with van der Waals surface area (Å²) in [6.07, 6.45) is 0. The molecular weight excluding hydrogens is 234 g/mol. The van der Waals surface area contributed by atoms with Crippen molar-refractivity contribution in [2.45, 2.75) is 41.2 Å². The number of nitrogens with one attached hydrogen (secondary N) is 1. The van der Waals surface area contributed by atoms with Crippen LogP contribution < -0.4 is 5.32 Å². The van der Waals surface area contributed by atoms with E-state index in [1.54, 1.807) is 0 Å². The zero-order valence-corrected chi connectivity index (χ0v) is 12.5. The molecule has 0 spiro atoms. The van der Waals surface area contributed by atoms with Gasteiger partial charge in [0.1, 0.15) is 0 Å². The van der Waals surface area contributed by atoms with Crippen molar-refractivity contribution in [1.82, 2.24) is 15.1 Å². The third-order valence-electron chi connectivity index (χ3n) is 3.68. The molecule has 3 heteroatoms. The molecule has 0 atom stereocenters. The molecule has 1 N–H and O–H groups in total. The predicted octanol–water partition coefficient (Wildman–Crippen LogP) is 3.22. The summed E-state index contributed by atoms with van der Waals surface area (Å²) in [6, 6.07) is 6.56. The van der Waals surface area contributed by atoms with E-state index >= 15 is 0 Å². The zero-order valence-electron chi connectivity index (χ0n) is 12.5. The van der Waals surface area contributed by atoms with Crippen LogP contribution in [0.1, 0.15) is 35.0 Å². The highest BCUT2D eigenvalue weighted by Gasteiger charge is 2.12. The molecule has 19 heavy (non-hydrogen) atoms. The standard InChI is InChI=1S/C16H23N3/c1-6-17-10-15-9-11(2)7-8-16(15)19-14(5)12(3)13(4)18-19/h7-9,17H,6,10H2,1-5H3. The molecule has 1 aromatic heterocycles. The fourth-order valence-corrected chi connectivity index (χ4v) is 2.28. The largest absolute Gasteiger partial charge is 0.313 e. The van der Waals surface area contributed by atoms with Crippen molar-refractivity contribution < 1.29 is 0 Å². The van der Waals surface area contributed by atoms with Crippen LogP contribution in [0.2, 0.25) is 0 Å². The van der Waals surface area contributed by atoms with Crippen LogP contribution in [-0.2, 0) is 6.54 Å². The molecule has 2 rings (SSSR count). The lowest BCUT2D eigenvalue weighted by atomic mass is 10.1. The molecule has 0 saturated heterocycles. The van der Waals surface area contributed by atoms with Gasteiger partial charge in [-0.3, -0.25) is 0 Å². The van der Waals surface area contributed by atoms with Gasteiger partial charge in [-0.05, 0) is 51.4 Å². The average molecular weight is 257 g/mol. The van der Waals surface area contributed by atoms with E-state index in [1.165, 1.54) is 28.1 Å². The van der Waals surface area contributed by atoms with E-state index in [4.69, 9.17) is 0 Å². The van der Waals surface area contributed by atoms with Crippen molar-refractivity contribution in [2.75, 3.05) is 6.54 Å². The summed E-state index contributed by atoms with van der Waals surface area (Å²) in [5.74, 6) is 0. The molecule has 0 aliphatic heterocycles. The minimum Gasteiger partial charge on any atom is -0.313 e. The van der Waals surface area contributed by atoms with Gasteiger partial charge in [0.25, 0.3) is 0 Å². The van der Waals surface area contributed by atoms with Crippen LogP contribution in [0.4, 0.5) is 0 Å². The second-order valence-corrected chi connectivity index (χ2v) is 5.12. The Morgan fingerprint density at radius 2 is 1.89 bits per heavy atom. The van der Waals surface area contributed by atoms with Gasteiger partial charge in [-0.2, -0.15) is 5.10 Å². The normalized spacial score (nSPS) is 11.0. The lowest BCUT2D eigenvalue weighted by molar-refractivity contribution is 0.713. The first-order valence-corrected chi connectivity index (χ1v) is 6.88. The van der Waals surface area contributed by atoms with Crippen LogP contribution in [0, 0.1) is 27.7 Å². The maximum absolute atomic E-state index is 4.67. The highest BCUT2D eigenvalue weighted by atomic mass is 15.3. The monoisotopic (exact) mass is 257 g/mol. The lowest BCUT2D eigenvalue weighted by Crippen LogP contribution is -2.15. The average Bonchev–Trinajstić information content (AvgIpc) is 2.64. The van der Waals surface area contributed by atoms with E-state index in [1.807, 2.05) is 0 Å². The first-order chi connectivity index (χ1) is 9.04. The van der Waals surface area contributed by atoms with Gasteiger partial charge in [0.2, 0.25) is 0 Å². The molecule has 1 aromatic carbocycles. The van der Waals surface area contributed by atoms with E-state index in [-0.39, 0.29) is 0 Å². The molecule has 0 aliphatic rings. The molecule has 0 unspecified atom stereocenters. The summed E-state index contributed by atoms with van der Waals surface area (Å²) in [5.41, 5.74) is 7.36. The Hall–Kier alpha value is -1.61. The third kappa shape index (κ3) is 2.71. The molecule has 2 aromatic rings. The fraction of sp³-hybridized carbons (Fsp3) is 0.438. The van der Waals surface area contributed by atoms with Crippen LogP contribution in [0.25, 0.3) is 5.69 Å². The van der Waals surface area contributed by atoms with Crippen molar-refractivity contribution >= 4 is 0 Å². The maximum Gasteiger partial charge on any atom is 0.0694 e. The maximum atomic E-state index is 4.67. The summed E-state index contributed by atoms with van der Waals surface area (Å²) in [7, 11) is 0. The molecule has 0 bridgehead atoms. The van der Waals surface area contributed by atoms with E-state index in [2.05, 4.69) is 67.9 Å². The minimum atomic E-state index is 0.880. The Morgan fingerprint density at radius 3 is 2.47 bits per heavy atom. The van der Waals surface area contributed by atoms with Gasteiger partial charge in [0.05, 0.1) is 11.4 Å². The lowest BCUT2D eigenvalue weighted by Gasteiger charge is -2.13. The number of aryl methyl sites for hydroxylation is 2. The molecular formula is C16H23N3. The second-order valence-electron chi connectivity index (χ2n) is 5.12. The second kappa shape index (κ2) is 5.57. The van der Waals surface area contributed by atoms with Crippen LogP contribution in [0.3, 0.4) is 0 Å². The van der Waals surface area contributed by atoms with Gasteiger partial charge < -0.3 is 5.32 Å². The molecule has 1 heterocycles. The number of hydrogen-bond donors (Lipinski definition) is 1. The van der Waals surface area contributed by atoms with Crippen LogP contribution in [0.5, 0.6) is 0 Å². The minimum absolute atomic E-state index is 0.880. The molecule has 3 nitrogen and oxygen atoms in total.